The maximum absolute atomic E-state index is 13.6. The molecule has 140 valence electrons. The molecule has 0 bridgehead atoms. The van der Waals surface area contributed by atoms with Gasteiger partial charge in [-0.25, -0.2) is 9.37 Å². The second-order valence-electron chi connectivity index (χ2n) is 5.82. The summed E-state index contributed by atoms with van der Waals surface area (Å²) in [6, 6.07) is 13.1. The van der Waals surface area contributed by atoms with Gasteiger partial charge in [-0.2, -0.15) is 0 Å². The van der Waals surface area contributed by atoms with Crippen LogP contribution in [0.4, 0.5) is 4.39 Å². The summed E-state index contributed by atoms with van der Waals surface area (Å²) in [5, 5.41) is 11.2. The van der Waals surface area contributed by atoms with E-state index in [2.05, 4.69) is 11.6 Å². The molecule has 1 N–H and O–H groups in total. The standard InChI is InChI=1S/C20H19FN2O3S/c1-2-11-23-19(25)15-7-3-5-9-17(15)22-20(23)27-13-14(24)12-26-18-10-6-4-8-16(18)21/h2-10,14,24H,1,11-13H2/t14-/m1/s1. The molecule has 1 atom stereocenters. The van der Waals surface area contributed by atoms with Crippen LogP contribution in [0, 0.1) is 5.82 Å². The number of thioether (sulfide) groups is 1. The van der Waals surface area contributed by atoms with Gasteiger partial charge in [-0.3, -0.25) is 9.36 Å². The lowest BCUT2D eigenvalue weighted by Gasteiger charge is -2.14. The quantitative estimate of drug-likeness (QED) is 0.366. The molecule has 0 spiro atoms. The number of aliphatic hydroxyl groups excluding tert-OH is 1. The van der Waals surface area contributed by atoms with Gasteiger partial charge < -0.3 is 9.84 Å². The Balaban J connectivity index is 1.72. The van der Waals surface area contributed by atoms with Crippen LogP contribution in [0.5, 0.6) is 5.75 Å². The van der Waals surface area contributed by atoms with Crippen LogP contribution in [-0.4, -0.2) is 33.1 Å². The summed E-state index contributed by atoms with van der Waals surface area (Å²) in [6.45, 7) is 3.94. The zero-order chi connectivity index (χ0) is 19.2. The molecule has 2 aromatic carbocycles. The lowest BCUT2D eigenvalue weighted by Crippen LogP contribution is -2.25. The van der Waals surface area contributed by atoms with Crippen molar-refractivity contribution in [1.29, 1.82) is 0 Å². The summed E-state index contributed by atoms with van der Waals surface area (Å²) in [5.74, 6) is -0.140. The fraction of sp³-hybridized carbons (Fsp3) is 0.200. The number of hydrogen-bond donors (Lipinski definition) is 1. The molecule has 0 radical (unpaired) electrons. The molecule has 3 aromatic rings. The highest BCUT2D eigenvalue weighted by Crippen LogP contribution is 2.20. The first-order chi connectivity index (χ1) is 13.1. The smallest absolute Gasteiger partial charge is 0.262 e. The second-order valence-corrected chi connectivity index (χ2v) is 6.81. The van der Waals surface area contributed by atoms with Crippen LogP contribution in [-0.2, 0) is 6.54 Å². The summed E-state index contributed by atoms with van der Waals surface area (Å²) in [4.78, 5) is 17.2. The van der Waals surface area contributed by atoms with Crippen molar-refractivity contribution < 1.29 is 14.2 Å². The molecule has 27 heavy (non-hydrogen) atoms. The Hall–Kier alpha value is -2.64. The van der Waals surface area contributed by atoms with Gasteiger partial charge in [0.15, 0.2) is 16.7 Å². The molecule has 0 aliphatic rings. The maximum atomic E-state index is 13.6. The molecule has 1 aromatic heterocycles. The molecular weight excluding hydrogens is 367 g/mol. The predicted molar refractivity (Wildman–Crippen MR) is 105 cm³/mol. The van der Waals surface area contributed by atoms with E-state index < -0.39 is 11.9 Å². The average Bonchev–Trinajstić information content (AvgIpc) is 2.68. The molecular formula is C20H19FN2O3S. The highest BCUT2D eigenvalue weighted by atomic mass is 32.2. The van der Waals surface area contributed by atoms with Crippen LogP contribution in [0.15, 0.2) is 71.1 Å². The van der Waals surface area contributed by atoms with Crippen LogP contribution >= 0.6 is 11.8 Å². The van der Waals surface area contributed by atoms with Crippen molar-refractivity contribution in [2.24, 2.45) is 0 Å². The molecule has 0 saturated heterocycles. The van der Waals surface area contributed by atoms with Crippen molar-refractivity contribution in [2.75, 3.05) is 12.4 Å². The van der Waals surface area contributed by atoms with Gasteiger partial charge in [-0.1, -0.05) is 42.1 Å². The predicted octanol–water partition coefficient (Wildman–Crippen LogP) is 3.25. The SMILES string of the molecule is C=CCn1c(SC[C@H](O)COc2ccccc2F)nc2ccccc2c1=O. The Morgan fingerprint density at radius 1 is 1.26 bits per heavy atom. The number of halogens is 1. The van der Waals surface area contributed by atoms with Gasteiger partial charge in [0, 0.05) is 12.3 Å². The minimum Gasteiger partial charge on any atom is -0.488 e. The summed E-state index contributed by atoms with van der Waals surface area (Å²) in [6.07, 6.45) is 0.773. The van der Waals surface area contributed by atoms with E-state index in [1.165, 1.54) is 28.5 Å². The van der Waals surface area contributed by atoms with E-state index in [0.717, 1.165) is 0 Å². The highest BCUT2D eigenvalue weighted by Gasteiger charge is 2.14. The first kappa shape index (κ1) is 19.1. The summed E-state index contributed by atoms with van der Waals surface area (Å²) >= 11 is 1.24. The molecule has 0 unspecified atom stereocenters. The largest absolute Gasteiger partial charge is 0.488 e. The molecule has 7 heteroatoms. The lowest BCUT2D eigenvalue weighted by molar-refractivity contribution is 0.123. The van der Waals surface area contributed by atoms with Crippen molar-refractivity contribution in [3.8, 4) is 5.75 Å². The van der Waals surface area contributed by atoms with Crippen molar-refractivity contribution in [1.82, 2.24) is 9.55 Å². The molecule has 0 aliphatic carbocycles. The number of ether oxygens (including phenoxy) is 1. The van der Waals surface area contributed by atoms with Gasteiger partial charge >= 0.3 is 0 Å². The van der Waals surface area contributed by atoms with Crippen LogP contribution in [0.25, 0.3) is 10.9 Å². The number of para-hydroxylation sites is 2. The summed E-state index contributed by atoms with van der Waals surface area (Å²) < 4.78 is 20.4. The number of hydrogen-bond acceptors (Lipinski definition) is 5. The van der Waals surface area contributed by atoms with E-state index in [0.29, 0.717) is 22.6 Å². The van der Waals surface area contributed by atoms with Gasteiger partial charge in [0.05, 0.1) is 17.0 Å². The molecule has 0 amide bonds. The fourth-order valence-corrected chi connectivity index (χ4v) is 3.43. The maximum Gasteiger partial charge on any atom is 0.262 e. The van der Waals surface area contributed by atoms with Gasteiger partial charge in [-0.15, -0.1) is 6.58 Å². The molecule has 0 aliphatic heterocycles. The summed E-state index contributed by atoms with van der Waals surface area (Å²) in [5.41, 5.74) is 0.447. The van der Waals surface area contributed by atoms with Gasteiger partial charge in [0.25, 0.3) is 5.56 Å². The number of allylic oxidation sites excluding steroid dienone is 1. The molecule has 0 fully saturated rings. The Kier molecular flexibility index (Phi) is 6.26. The minimum absolute atomic E-state index is 0.0623. The van der Waals surface area contributed by atoms with Crippen LogP contribution in [0.2, 0.25) is 0 Å². The van der Waals surface area contributed by atoms with E-state index in [-0.39, 0.29) is 23.7 Å². The first-order valence-electron chi connectivity index (χ1n) is 8.39. The monoisotopic (exact) mass is 386 g/mol. The zero-order valence-corrected chi connectivity index (χ0v) is 15.4. The molecule has 3 rings (SSSR count). The topological polar surface area (TPSA) is 64.3 Å². The molecule has 5 nitrogen and oxygen atoms in total. The van der Waals surface area contributed by atoms with E-state index in [4.69, 9.17) is 4.74 Å². The number of fused-ring (bicyclic) bond motifs is 1. The molecule has 1 heterocycles. The van der Waals surface area contributed by atoms with Crippen molar-refractivity contribution in [3.05, 3.63) is 77.4 Å². The van der Waals surface area contributed by atoms with Gasteiger partial charge in [0.2, 0.25) is 0 Å². The number of aromatic nitrogens is 2. The zero-order valence-electron chi connectivity index (χ0n) is 14.5. The number of nitrogens with zero attached hydrogens (tertiary/aromatic N) is 2. The normalized spacial score (nSPS) is 12.1. The number of rotatable bonds is 8. The van der Waals surface area contributed by atoms with Gasteiger partial charge in [-0.05, 0) is 24.3 Å². The third-order valence-corrected chi connectivity index (χ3v) is 4.93. The number of benzene rings is 2. The Morgan fingerprint density at radius 3 is 2.78 bits per heavy atom. The van der Waals surface area contributed by atoms with E-state index in [1.54, 1.807) is 36.4 Å². The van der Waals surface area contributed by atoms with Gasteiger partial charge in [0.1, 0.15) is 6.61 Å². The third kappa shape index (κ3) is 4.56. The minimum atomic E-state index is -0.852. The summed E-state index contributed by atoms with van der Waals surface area (Å²) in [7, 11) is 0. The molecule has 0 saturated carbocycles. The Bertz CT molecular complexity index is 1010. The van der Waals surface area contributed by atoms with Crippen LogP contribution in [0.3, 0.4) is 0 Å². The highest BCUT2D eigenvalue weighted by molar-refractivity contribution is 7.99. The van der Waals surface area contributed by atoms with Crippen molar-refractivity contribution >= 4 is 22.7 Å². The average molecular weight is 386 g/mol. The van der Waals surface area contributed by atoms with E-state index >= 15 is 0 Å². The number of aliphatic hydroxyl groups is 1. The fourth-order valence-electron chi connectivity index (χ4n) is 2.51. The lowest BCUT2D eigenvalue weighted by atomic mass is 10.2. The van der Waals surface area contributed by atoms with Crippen molar-refractivity contribution in [2.45, 2.75) is 17.8 Å². The third-order valence-electron chi connectivity index (χ3n) is 3.81. The van der Waals surface area contributed by atoms with E-state index in [1.807, 2.05) is 6.07 Å². The van der Waals surface area contributed by atoms with E-state index in [9.17, 15) is 14.3 Å². The second kappa shape index (κ2) is 8.83. The first-order valence-corrected chi connectivity index (χ1v) is 9.37. The Labute approximate surface area is 160 Å². The van der Waals surface area contributed by atoms with Crippen molar-refractivity contribution in [3.63, 3.8) is 0 Å². The van der Waals surface area contributed by atoms with Crippen LogP contribution < -0.4 is 10.3 Å². The Morgan fingerprint density at radius 2 is 2.00 bits per heavy atom. The van der Waals surface area contributed by atoms with Crippen LogP contribution in [0.1, 0.15) is 0 Å².